The van der Waals surface area contributed by atoms with Crippen LogP contribution in [0.1, 0.15) is 57.6 Å². The number of hydrogen-bond acceptors (Lipinski definition) is 3. The summed E-state index contributed by atoms with van der Waals surface area (Å²) in [6.45, 7) is 6.04. The highest BCUT2D eigenvalue weighted by atomic mass is 16.6. The van der Waals surface area contributed by atoms with Crippen molar-refractivity contribution < 1.29 is 9.53 Å². The summed E-state index contributed by atoms with van der Waals surface area (Å²) in [4.78, 5) is 16.6. The van der Waals surface area contributed by atoms with Gasteiger partial charge in [0.25, 0.3) is 0 Å². The lowest BCUT2D eigenvalue weighted by Crippen LogP contribution is -2.42. The van der Waals surface area contributed by atoms with E-state index in [0.29, 0.717) is 18.4 Å². The molecule has 6 heteroatoms. The lowest BCUT2D eigenvalue weighted by atomic mass is 9.90. The van der Waals surface area contributed by atoms with E-state index in [1.54, 1.807) is 0 Å². The Kier molecular flexibility index (Phi) is 5.92. The summed E-state index contributed by atoms with van der Waals surface area (Å²) in [7, 11) is 0. The van der Waals surface area contributed by atoms with E-state index >= 15 is 0 Å². The van der Waals surface area contributed by atoms with E-state index in [1.807, 2.05) is 20.8 Å². The minimum atomic E-state index is -0.506. The summed E-state index contributed by atoms with van der Waals surface area (Å²) in [5.74, 6) is 0.851. The van der Waals surface area contributed by atoms with Crippen LogP contribution in [0.5, 0.6) is 0 Å². The number of benzene rings is 1. The third-order valence-electron chi connectivity index (χ3n) is 5.01. The number of aryl methyl sites for hydroxylation is 1. The fourth-order valence-electron chi connectivity index (χ4n) is 3.54. The first-order valence-electron chi connectivity index (χ1n) is 9.99. The normalized spacial score (nSPS) is 18.4. The van der Waals surface area contributed by atoms with E-state index in [0.717, 1.165) is 31.4 Å². The van der Waals surface area contributed by atoms with Crippen molar-refractivity contribution in [3.05, 3.63) is 29.3 Å². The highest BCUT2D eigenvalue weighted by Crippen LogP contribution is 2.33. The number of amides is 1. The molecule has 0 radical (unpaired) electrons. The van der Waals surface area contributed by atoms with E-state index in [4.69, 9.17) is 10.5 Å². The van der Waals surface area contributed by atoms with Gasteiger partial charge in [0, 0.05) is 5.69 Å². The summed E-state index contributed by atoms with van der Waals surface area (Å²) < 4.78 is 5.37. The van der Waals surface area contributed by atoms with Gasteiger partial charge >= 0.3 is 6.09 Å². The molecule has 2 aliphatic carbocycles. The van der Waals surface area contributed by atoms with Crippen LogP contribution >= 0.6 is 0 Å². The maximum absolute atomic E-state index is 12.1. The first kappa shape index (κ1) is 19.5. The standard InChI is InChI=1S/C21H32N4O2/c1-21(2,3)27-20(26)25-18(15-11-12-15)13-23-19(22)24-17-10-6-8-14-7-4-5-9-16(14)17/h6,8,10,15,18H,4-5,7,9,11-13H2,1-3H3,(H,25,26)(H3,22,23,24). The molecule has 2 aliphatic rings. The van der Waals surface area contributed by atoms with E-state index in [1.165, 1.54) is 24.0 Å². The fourth-order valence-corrected chi connectivity index (χ4v) is 3.54. The van der Waals surface area contributed by atoms with Crippen LogP contribution in [-0.2, 0) is 17.6 Å². The molecule has 4 N–H and O–H groups in total. The Balaban J connectivity index is 1.59. The smallest absolute Gasteiger partial charge is 0.407 e. The monoisotopic (exact) mass is 372 g/mol. The van der Waals surface area contributed by atoms with Crippen LogP contribution in [0.2, 0.25) is 0 Å². The minimum absolute atomic E-state index is 0.0371. The highest BCUT2D eigenvalue weighted by molar-refractivity contribution is 5.93. The summed E-state index contributed by atoms with van der Waals surface area (Å²) in [5.41, 5.74) is 9.44. The SMILES string of the molecule is CC(C)(C)OC(=O)NC(CN=C(N)Nc1cccc2c1CCCC2)C1CC1. The van der Waals surface area contributed by atoms with Crippen molar-refractivity contribution in [1.29, 1.82) is 0 Å². The van der Waals surface area contributed by atoms with Crippen LogP contribution in [0.25, 0.3) is 0 Å². The zero-order valence-electron chi connectivity index (χ0n) is 16.7. The number of alkyl carbamates (subject to hydrolysis) is 1. The number of rotatable bonds is 5. The van der Waals surface area contributed by atoms with Crippen molar-refractivity contribution in [3.63, 3.8) is 0 Å². The van der Waals surface area contributed by atoms with E-state index in [9.17, 15) is 4.79 Å². The molecule has 148 valence electrons. The van der Waals surface area contributed by atoms with Gasteiger partial charge in [-0.15, -0.1) is 0 Å². The molecule has 0 bridgehead atoms. The molecule has 3 rings (SSSR count). The molecule has 1 amide bonds. The minimum Gasteiger partial charge on any atom is -0.444 e. The van der Waals surface area contributed by atoms with E-state index in [2.05, 4.69) is 33.8 Å². The molecule has 1 unspecified atom stereocenters. The van der Waals surface area contributed by atoms with Gasteiger partial charge in [0.1, 0.15) is 5.60 Å². The Morgan fingerprint density at radius 1 is 1.30 bits per heavy atom. The number of guanidine groups is 1. The third-order valence-corrected chi connectivity index (χ3v) is 5.01. The van der Waals surface area contributed by atoms with Crippen LogP contribution in [0.3, 0.4) is 0 Å². The average molecular weight is 373 g/mol. The molecular formula is C21H32N4O2. The second-order valence-electron chi connectivity index (χ2n) is 8.59. The average Bonchev–Trinajstić information content (AvgIpc) is 3.42. The summed E-state index contributed by atoms with van der Waals surface area (Å²) in [6.07, 6.45) is 6.50. The number of ether oxygens (including phenoxy) is 1. The molecule has 1 aromatic rings. The molecule has 1 fully saturated rings. The van der Waals surface area contributed by atoms with Crippen LogP contribution < -0.4 is 16.4 Å². The Bertz CT molecular complexity index is 705. The van der Waals surface area contributed by atoms with Gasteiger partial charge in [0.15, 0.2) is 5.96 Å². The maximum atomic E-state index is 12.1. The molecule has 0 saturated heterocycles. The predicted molar refractivity (Wildman–Crippen MR) is 109 cm³/mol. The Labute approximate surface area is 162 Å². The Morgan fingerprint density at radius 2 is 2.04 bits per heavy atom. The number of nitrogens with one attached hydrogen (secondary N) is 2. The van der Waals surface area contributed by atoms with Crippen molar-refractivity contribution in [2.24, 2.45) is 16.6 Å². The fraction of sp³-hybridized carbons (Fsp3) is 0.619. The molecular weight excluding hydrogens is 340 g/mol. The Hall–Kier alpha value is -2.24. The van der Waals surface area contributed by atoms with Crippen molar-refractivity contribution in [2.45, 2.75) is 70.9 Å². The molecule has 27 heavy (non-hydrogen) atoms. The summed E-state index contributed by atoms with van der Waals surface area (Å²) >= 11 is 0. The molecule has 0 spiro atoms. The lowest BCUT2D eigenvalue weighted by molar-refractivity contribution is 0.0500. The molecule has 0 heterocycles. The quantitative estimate of drug-likeness (QED) is 0.544. The summed E-state index contributed by atoms with van der Waals surface area (Å²) in [5, 5.41) is 6.21. The van der Waals surface area contributed by atoms with Gasteiger partial charge in [-0.1, -0.05) is 12.1 Å². The third kappa shape index (κ3) is 5.88. The second kappa shape index (κ2) is 8.19. The number of nitrogens with zero attached hydrogens (tertiary/aromatic N) is 1. The number of carbonyl (C=O) groups is 1. The zero-order valence-corrected chi connectivity index (χ0v) is 16.7. The topological polar surface area (TPSA) is 88.7 Å². The first-order valence-corrected chi connectivity index (χ1v) is 9.99. The number of fused-ring (bicyclic) bond motifs is 1. The molecule has 0 aromatic heterocycles. The first-order chi connectivity index (χ1) is 12.8. The van der Waals surface area contributed by atoms with Crippen molar-refractivity contribution in [3.8, 4) is 0 Å². The van der Waals surface area contributed by atoms with Gasteiger partial charge < -0.3 is 21.1 Å². The van der Waals surface area contributed by atoms with Gasteiger partial charge in [-0.25, -0.2) is 4.79 Å². The van der Waals surface area contributed by atoms with Crippen LogP contribution in [0.4, 0.5) is 10.5 Å². The van der Waals surface area contributed by atoms with Crippen molar-refractivity contribution in [2.75, 3.05) is 11.9 Å². The van der Waals surface area contributed by atoms with Gasteiger partial charge in [-0.2, -0.15) is 0 Å². The number of anilines is 1. The van der Waals surface area contributed by atoms with E-state index < -0.39 is 11.7 Å². The zero-order chi connectivity index (χ0) is 19.4. The van der Waals surface area contributed by atoms with Crippen molar-refractivity contribution in [1.82, 2.24) is 5.32 Å². The lowest BCUT2D eigenvalue weighted by Gasteiger charge is -2.23. The van der Waals surface area contributed by atoms with Crippen molar-refractivity contribution >= 4 is 17.7 Å². The second-order valence-corrected chi connectivity index (χ2v) is 8.59. The highest BCUT2D eigenvalue weighted by Gasteiger charge is 2.33. The summed E-state index contributed by atoms with van der Waals surface area (Å²) in [6, 6.07) is 6.28. The van der Waals surface area contributed by atoms with Gasteiger partial charge in [0.05, 0.1) is 12.6 Å². The molecule has 1 aromatic carbocycles. The number of carbonyl (C=O) groups excluding carboxylic acids is 1. The van der Waals surface area contributed by atoms with Crippen LogP contribution in [-0.4, -0.2) is 30.2 Å². The number of nitrogens with two attached hydrogens (primary N) is 1. The maximum Gasteiger partial charge on any atom is 0.407 e. The predicted octanol–water partition coefficient (Wildman–Crippen LogP) is 3.60. The Morgan fingerprint density at radius 3 is 2.74 bits per heavy atom. The molecule has 1 atom stereocenters. The number of hydrogen-bond donors (Lipinski definition) is 3. The van der Waals surface area contributed by atoms with Gasteiger partial charge in [-0.05, 0) is 82.4 Å². The van der Waals surface area contributed by atoms with Crippen LogP contribution in [0.15, 0.2) is 23.2 Å². The molecule has 6 nitrogen and oxygen atoms in total. The van der Waals surface area contributed by atoms with Gasteiger partial charge in [0.2, 0.25) is 0 Å². The van der Waals surface area contributed by atoms with Crippen LogP contribution in [0, 0.1) is 5.92 Å². The molecule has 1 saturated carbocycles. The van der Waals surface area contributed by atoms with E-state index in [-0.39, 0.29) is 6.04 Å². The van der Waals surface area contributed by atoms with Gasteiger partial charge in [-0.3, -0.25) is 4.99 Å². The largest absolute Gasteiger partial charge is 0.444 e. The number of aliphatic imine (C=N–C) groups is 1. The molecule has 0 aliphatic heterocycles.